The Balaban J connectivity index is 2.34. The predicted octanol–water partition coefficient (Wildman–Crippen LogP) is 4.56. The number of pyridine rings is 1. The molecule has 19 heavy (non-hydrogen) atoms. The number of rotatable bonds is 4. The van der Waals surface area contributed by atoms with Crippen LogP contribution in [0.4, 0.5) is 5.69 Å². The summed E-state index contributed by atoms with van der Waals surface area (Å²) in [5.41, 5.74) is 1.55. The maximum absolute atomic E-state index is 11.0. The van der Waals surface area contributed by atoms with Crippen LogP contribution in [-0.2, 0) is 0 Å². The smallest absolute Gasteiger partial charge is 0.260 e. The number of nitrogens with zero attached hydrogens (tertiary/aromatic N) is 2. The number of halogens is 2. The number of aromatic nitrogens is 1. The summed E-state index contributed by atoms with van der Waals surface area (Å²) in [5, 5.41) is 11.0. The minimum atomic E-state index is -0.373. The van der Waals surface area contributed by atoms with E-state index in [-0.39, 0.29) is 20.3 Å². The van der Waals surface area contributed by atoms with Crippen molar-refractivity contribution in [3.63, 3.8) is 0 Å². The summed E-state index contributed by atoms with van der Waals surface area (Å²) in [5.74, 6) is 0. The summed E-state index contributed by atoms with van der Waals surface area (Å²) < 4.78 is 0. The molecule has 1 heterocycles. The van der Waals surface area contributed by atoms with Crippen LogP contribution in [0.2, 0.25) is 0 Å². The van der Waals surface area contributed by atoms with Crippen LogP contribution in [0.25, 0.3) is 0 Å². The highest BCUT2D eigenvalue weighted by Gasteiger charge is 2.26. The van der Waals surface area contributed by atoms with Gasteiger partial charge >= 0.3 is 0 Å². The minimum absolute atomic E-state index is 0.102. The molecule has 0 N–H and O–H groups in total. The first-order valence-electron chi connectivity index (χ1n) is 5.53. The summed E-state index contributed by atoms with van der Waals surface area (Å²) in [6, 6.07) is 12.3. The summed E-state index contributed by atoms with van der Waals surface area (Å²) in [7, 11) is 0. The zero-order valence-corrected chi connectivity index (χ0v) is 12.9. The lowest BCUT2D eigenvalue weighted by atomic mass is 10.1. The van der Waals surface area contributed by atoms with Gasteiger partial charge in [0.25, 0.3) is 5.69 Å². The number of hydrogen-bond donors (Lipinski definition) is 0. The van der Waals surface area contributed by atoms with Gasteiger partial charge < -0.3 is 0 Å². The Kier molecular flexibility index (Phi) is 4.66. The quantitative estimate of drug-likeness (QED) is 0.440. The first-order chi connectivity index (χ1) is 9.11. The molecule has 2 aromatic rings. The molecule has 0 amide bonds. The Morgan fingerprint density at radius 2 is 1.74 bits per heavy atom. The Labute approximate surface area is 127 Å². The van der Waals surface area contributed by atoms with Crippen LogP contribution in [0, 0.1) is 10.1 Å². The van der Waals surface area contributed by atoms with Crippen molar-refractivity contribution in [2.75, 3.05) is 0 Å². The fraction of sp³-hybridized carbons (Fsp3) is 0.154. The van der Waals surface area contributed by atoms with E-state index in [1.165, 1.54) is 6.07 Å². The van der Waals surface area contributed by atoms with Crippen molar-refractivity contribution in [3.8, 4) is 0 Å². The van der Waals surface area contributed by atoms with Gasteiger partial charge in [-0.05, 0) is 12.1 Å². The number of hydrogen-bond acceptors (Lipinski definition) is 3. The number of nitro groups is 1. The van der Waals surface area contributed by atoms with Crippen molar-refractivity contribution in [3.05, 3.63) is 70.0 Å². The first-order valence-corrected chi connectivity index (χ1v) is 7.37. The second-order valence-corrected chi connectivity index (χ2v) is 5.85. The zero-order valence-electron chi connectivity index (χ0n) is 9.74. The highest BCUT2D eigenvalue weighted by molar-refractivity contribution is 9.12. The Bertz CT molecular complexity index is 578. The van der Waals surface area contributed by atoms with E-state index in [0.29, 0.717) is 5.56 Å². The molecule has 4 nitrogen and oxygen atoms in total. The normalized spacial score (nSPS) is 13.8. The van der Waals surface area contributed by atoms with Gasteiger partial charge in [-0.2, -0.15) is 0 Å². The van der Waals surface area contributed by atoms with Crippen molar-refractivity contribution < 1.29 is 4.92 Å². The van der Waals surface area contributed by atoms with Crippen molar-refractivity contribution in [2.24, 2.45) is 0 Å². The summed E-state index contributed by atoms with van der Waals surface area (Å²) in [6.07, 6.45) is 1.70. The monoisotopic (exact) mass is 384 g/mol. The highest BCUT2D eigenvalue weighted by atomic mass is 79.9. The van der Waals surface area contributed by atoms with E-state index < -0.39 is 0 Å². The molecular formula is C13H10Br2N2O2. The van der Waals surface area contributed by atoms with Gasteiger partial charge in [0, 0.05) is 17.8 Å². The average molecular weight is 386 g/mol. The van der Waals surface area contributed by atoms with Crippen molar-refractivity contribution in [1.29, 1.82) is 0 Å². The molecule has 2 atom stereocenters. The van der Waals surface area contributed by atoms with E-state index in [1.807, 2.05) is 18.2 Å². The Morgan fingerprint density at radius 1 is 1.05 bits per heavy atom. The van der Waals surface area contributed by atoms with E-state index in [2.05, 4.69) is 36.8 Å². The SMILES string of the molecule is O=[N+]([O-])c1ccccc1[C@@H](Br)[C@H](Br)c1ccccn1. The van der Waals surface area contributed by atoms with Gasteiger partial charge in [0.1, 0.15) is 0 Å². The van der Waals surface area contributed by atoms with E-state index >= 15 is 0 Å². The first kappa shape index (κ1) is 14.1. The maximum atomic E-state index is 11.0. The number of alkyl halides is 2. The van der Waals surface area contributed by atoms with Gasteiger partial charge in [0.2, 0.25) is 0 Å². The van der Waals surface area contributed by atoms with Crippen molar-refractivity contribution >= 4 is 37.5 Å². The fourth-order valence-electron chi connectivity index (χ4n) is 1.73. The van der Waals surface area contributed by atoms with Crippen LogP contribution < -0.4 is 0 Å². The molecule has 0 spiro atoms. The van der Waals surface area contributed by atoms with Crippen LogP contribution in [0.5, 0.6) is 0 Å². The molecule has 6 heteroatoms. The topological polar surface area (TPSA) is 56.0 Å². The maximum Gasteiger partial charge on any atom is 0.273 e. The van der Waals surface area contributed by atoms with E-state index in [9.17, 15) is 10.1 Å². The lowest BCUT2D eigenvalue weighted by molar-refractivity contribution is -0.385. The largest absolute Gasteiger partial charge is 0.273 e. The van der Waals surface area contributed by atoms with Gasteiger partial charge in [-0.25, -0.2) is 0 Å². The zero-order chi connectivity index (χ0) is 13.8. The molecule has 0 unspecified atom stereocenters. The molecule has 98 valence electrons. The van der Waals surface area contributed by atoms with Crippen LogP contribution >= 0.6 is 31.9 Å². The van der Waals surface area contributed by atoms with Gasteiger partial charge in [-0.3, -0.25) is 15.1 Å². The van der Waals surface area contributed by atoms with Crippen molar-refractivity contribution in [2.45, 2.75) is 9.65 Å². The third-order valence-electron chi connectivity index (χ3n) is 2.66. The summed E-state index contributed by atoms with van der Waals surface area (Å²) in [6.45, 7) is 0. The Morgan fingerprint density at radius 3 is 2.37 bits per heavy atom. The second-order valence-electron chi connectivity index (χ2n) is 3.87. The molecule has 1 aromatic heterocycles. The molecule has 2 rings (SSSR count). The van der Waals surface area contributed by atoms with Crippen LogP contribution in [0.3, 0.4) is 0 Å². The third-order valence-corrected chi connectivity index (χ3v) is 5.39. The predicted molar refractivity (Wildman–Crippen MR) is 80.7 cm³/mol. The molecular weight excluding hydrogens is 376 g/mol. The molecule has 0 aliphatic carbocycles. The van der Waals surface area contributed by atoms with Crippen LogP contribution in [0.15, 0.2) is 48.7 Å². The van der Waals surface area contributed by atoms with Gasteiger partial charge in [0.05, 0.1) is 20.3 Å². The van der Waals surface area contributed by atoms with E-state index in [4.69, 9.17) is 0 Å². The molecule has 0 aliphatic rings. The fourth-order valence-corrected chi connectivity index (χ4v) is 2.95. The standard InChI is InChI=1S/C13H10Br2N2O2/c14-12(13(15)10-6-3-4-8-16-10)9-5-1-2-7-11(9)17(18)19/h1-8,12-13H/t12-,13-/m1/s1. The minimum Gasteiger partial charge on any atom is -0.260 e. The third kappa shape index (κ3) is 3.19. The molecule has 0 fully saturated rings. The summed E-state index contributed by atoms with van der Waals surface area (Å²) in [4.78, 5) is 14.5. The number of nitro benzene ring substituents is 1. The van der Waals surface area contributed by atoms with Crippen molar-refractivity contribution in [1.82, 2.24) is 4.98 Å². The number of para-hydroxylation sites is 1. The van der Waals surface area contributed by atoms with E-state index in [0.717, 1.165) is 5.69 Å². The Hall–Kier alpha value is -1.27. The second kappa shape index (κ2) is 6.25. The van der Waals surface area contributed by atoms with E-state index in [1.54, 1.807) is 24.4 Å². The van der Waals surface area contributed by atoms with Gasteiger partial charge in [-0.15, -0.1) is 0 Å². The van der Waals surface area contributed by atoms with Crippen LogP contribution in [0.1, 0.15) is 20.9 Å². The molecule has 0 saturated carbocycles. The molecule has 0 aliphatic heterocycles. The molecule has 1 aromatic carbocycles. The number of benzene rings is 1. The molecule has 0 radical (unpaired) electrons. The summed E-state index contributed by atoms with van der Waals surface area (Å²) >= 11 is 7.06. The van der Waals surface area contributed by atoms with Gasteiger partial charge in [0.15, 0.2) is 0 Å². The molecule has 0 saturated heterocycles. The lowest BCUT2D eigenvalue weighted by Gasteiger charge is -2.16. The molecule has 0 bridgehead atoms. The lowest BCUT2D eigenvalue weighted by Crippen LogP contribution is -2.04. The van der Waals surface area contributed by atoms with Gasteiger partial charge in [-0.1, -0.05) is 56.1 Å². The highest BCUT2D eigenvalue weighted by Crippen LogP contribution is 2.44. The average Bonchev–Trinajstić information content (AvgIpc) is 2.46. The van der Waals surface area contributed by atoms with Crippen LogP contribution in [-0.4, -0.2) is 9.91 Å².